The molecule has 0 saturated heterocycles. The highest BCUT2D eigenvalue weighted by molar-refractivity contribution is 7.93. The highest BCUT2D eigenvalue weighted by Crippen LogP contribution is 2.41. The lowest BCUT2D eigenvalue weighted by Gasteiger charge is -2.14. The van der Waals surface area contributed by atoms with Gasteiger partial charge in [-0.3, -0.25) is 10.1 Å². The molecule has 1 unspecified atom stereocenters. The molecular weight excluding hydrogens is 439 g/mol. The molecule has 12 heteroatoms. The Morgan fingerprint density at radius 1 is 1.17 bits per heavy atom. The third-order valence-electron chi connectivity index (χ3n) is 3.86. The van der Waals surface area contributed by atoms with Gasteiger partial charge in [-0.1, -0.05) is 18.2 Å². The first kappa shape index (κ1) is 21.4. The summed E-state index contributed by atoms with van der Waals surface area (Å²) in [6.07, 6.45) is -0.466. The molecule has 0 fully saturated rings. The van der Waals surface area contributed by atoms with E-state index in [1.807, 2.05) is 24.3 Å². The van der Waals surface area contributed by atoms with Crippen LogP contribution in [0.5, 0.6) is 5.75 Å². The number of benzene rings is 2. The van der Waals surface area contributed by atoms with E-state index in [0.29, 0.717) is 0 Å². The van der Waals surface area contributed by atoms with Gasteiger partial charge < -0.3 is 14.7 Å². The van der Waals surface area contributed by atoms with E-state index in [2.05, 4.69) is 5.32 Å². The van der Waals surface area contributed by atoms with Gasteiger partial charge in [0.1, 0.15) is 16.2 Å². The van der Waals surface area contributed by atoms with Crippen LogP contribution in [0.15, 0.2) is 58.8 Å². The second-order valence-corrected chi connectivity index (χ2v) is 11.3. The van der Waals surface area contributed by atoms with E-state index in [9.17, 15) is 28.0 Å². The second-order valence-electron chi connectivity index (χ2n) is 6.06. The van der Waals surface area contributed by atoms with Crippen LogP contribution < -0.4 is 9.84 Å². The maximum Gasteiger partial charge on any atom is 0.390 e. The summed E-state index contributed by atoms with van der Waals surface area (Å²) >= 11 is 1.18. The second kappa shape index (κ2) is 8.60. The summed E-state index contributed by atoms with van der Waals surface area (Å²) in [7, 11) is -7.64. The maximum absolute atomic E-state index is 12.5. The Balaban J connectivity index is 1.53. The summed E-state index contributed by atoms with van der Waals surface area (Å²) < 4.78 is 43.1. The molecule has 154 valence electrons. The summed E-state index contributed by atoms with van der Waals surface area (Å²) in [5.41, 5.74) is -0.172. The lowest BCUT2D eigenvalue weighted by Crippen LogP contribution is -2.24. The van der Waals surface area contributed by atoms with Gasteiger partial charge in [0.15, 0.2) is 9.84 Å². The van der Waals surface area contributed by atoms with Gasteiger partial charge in [0.25, 0.3) is 5.69 Å². The Morgan fingerprint density at radius 3 is 2.52 bits per heavy atom. The van der Waals surface area contributed by atoms with Crippen molar-refractivity contribution < 1.29 is 27.3 Å². The fourth-order valence-corrected chi connectivity index (χ4v) is 6.16. The van der Waals surface area contributed by atoms with Crippen molar-refractivity contribution in [2.45, 2.75) is 4.21 Å². The number of nitrogens with one attached hydrogen (secondary N) is 1. The van der Waals surface area contributed by atoms with Gasteiger partial charge in [-0.2, -0.15) is 0 Å². The number of hydrogen-bond acceptors (Lipinski definition) is 8. The maximum atomic E-state index is 12.5. The molecule has 0 spiro atoms. The van der Waals surface area contributed by atoms with Crippen LogP contribution in [-0.2, 0) is 14.4 Å². The van der Waals surface area contributed by atoms with Crippen molar-refractivity contribution in [3.63, 3.8) is 0 Å². The van der Waals surface area contributed by atoms with Crippen molar-refractivity contribution in [2.75, 3.05) is 18.6 Å². The van der Waals surface area contributed by atoms with Crippen molar-refractivity contribution in [3.8, 4) is 5.75 Å². The summed E-state index contributed by atoms with van der Waals surface area (Å²) in [4.78, 5) is 19.9. The largest absolute Gasteiger partial charge is 0.424 e. The number of fused-ring (bicyclic) bond motifs is 1. The van der Waals surface area contributed by atoms with Gasteiger partial charge in [0, 0.05) is 23.4 Å². The quantitative estimate of drug-likeness (QED) is 0.216. The van der Waals surface area contributed by atoms with Crippen LogP contribution in [0.3, 0.4) is 0 Å². The zero-order valence-electron chi connectivity index (χ0n) is 14.9. The van der Waals surface area contributed by atoms with E-state index < -0.39 is 28.6 Å². The average Bonchev–Trinajstić information content (AvgIpc) is 3.11. The van der Waals surface area contributed by atoms with Gasteiger partial charge in [-0.25, -0.2) is 13.0 Å². The van der Waals surface area contributed by atoms with E-state index >= 15 is 0 Å². The average molecular weight is 456 g/mol. The molecule has 0 radical (unpaired) electrons. The predicted octanol–water partition coefficient (Wildman–Crippen LogP) is 3.39. The number of thiophene rings is 1. The third-order valence-corrected chi connectivity index (χ3v) is 8.38. The summed E-state index contributed by atoms with van der Waals surface area (Å²) in [5, 5.41) is 14.1. The Hall–Kier alpha value is -2.30. The fourth-order valence-electron chi connectivity index (χ4n) is 2.46. The lowest BCUT2D eigenvalue weighted by atomic mass is 10.3. The van der Waals surface area contributed by atoms with E-state index in [1.165, 1.54) is 23.5 Å². The Labute approximate surface area is 170 Å². The number of hydrogen-bond donors (Lipinski definition) is 2. The van der Waals surface area contributed by atoms with Gasteiger partial charge >= 0.3 is 7.60 Å². The normalized spacial score (nSPS) is 13.8. The number of rotatable bonds is 9. The number of nitrogens with zero attached hydrogens (tertiary/aromatic N) is 1. The molecule has 1 heterocycles. The molecule has 9 nitrogen and oxygen atoms in total. The monoisotopic (exact) mass is 456 g/mol. The number of non-ortho nitro benzene ring substituents is 1. The molecule has 0 amide bonds. The molecule has 2 aromatic carbocycles. The Bertz CT molecular complexity index is 1140. The Morgan fingerprint density at radius 2 is 1.86 bits per heavy atom. The minimum absolute atomic E-state index is 0.00105. The molecule has 1 atom stereocenters. The van der Waals surface area contributed by atoms with Crippen LogP contribution in [0.25, 0.3) is 10.1 Å². The van der Waals surface area contributed by atoms with E-state index in [-0.39, 0.29) is 27.9 Å². The van der Waals surface area contributed by atoms with Gasteiger partial charge in [0.05, 0.1) is 10.7 Å². The summed E-state index contributed by atoms with van der Waals surface area (Å²) in [6.45, 7) is -0.0370. The van der Waals surface area contributed by atoms with Crippen LogP contribution in [0, 0.1) is 10.1 Å². The van der Waals surface area contributed by atoms with Gasteiger partial charge in [-0.15, -0.1) is 11.3 Å². The standard InChI is InChI=1S/C17H17N2O7PS2/c20-19(21)14-5-7-15(8-6-14)26-27(22,23)12-18-9-10-29(24,25)17-11-13-3-1-2-4-16(13)28-17/h1-8,11,18H,9-10,12H2,(H,22,23). The Kier molecular flexibility index (Phi) is 6.35. The molecule has 0 saturated carbocycles. The molecule has 0 aliphatic rings. The fraction of sp³-hybridized carbons (Fsp3) is 0.176. The number of nitro groups is 1. The van der Waals surface area contributed by atoms with Crippen molar-refractivity contribution in [2.24, 2.45) is 0 Å². The van der Waals surface area contributed by atoms with Crippen LogP contribution in [0.2, 0.25) is 0 Å². The van der Waals surface area contributed by atoms with Crippen LogP contribution in [0.1, 0.15) is 0 Å². The van der Waals surface area contributed by atoms with Gasteiger partial charge in [0.2, 0.25) is 0 Å². The van der Waals surface area contributed by atoms with Crippen molar-refractivity contribution in [1.82, 2.24) is 5.32 Å². The SMILES string of the molecule is O=[N+]([O-])c1ccc(OP(=O)(O)CNCCS(=O)(=O)c2cc3ccccc3s2)cc1. The highest BCUT2D eigenvalue weighted by atomic mass is 32.2. The summed E-state index contributed by atoms with van der Waals surface area (Å²) in [5.74, 6) is -0.238. The summed E-state index contributed by atoms with van der Waals surface area (Å²) in [6, 6.07) is 13.7. The van der Waals surface area contributed by atoms with E-state index in [0.717, 1.165) is 22.2 Å². The molecular formula is C17H17N2O7PS2. The molecule has 29 heavy (non-hydrogen) atoms. The van der Waals surface area contributed by atoms with Crippen molar-refractivity contribution >= 4 is 44.5 Å². The van der Waals surface area contributed by atoms with Crippen LogP contribution in [-0.4, -0.2) is 36.8 Å². The molecule has 2 N–H and O–H groups in total. The minimum atomic E-state index is -4.10. The minimum Gasteiger partial charge on any atom is -0.424 e. The van der Waals surface area contributed by atoms with Gasteiger partial charge in [-0.05, 0) is 29.7 Å². The van der Waals surface area contributed by atoms with E-state index in [1.54, 1.807) is 6.07 Å². The zero-order valence-corrected chi connectivity index (χ0v) is 17.5. The third kappa shape index (κ3) is 5.62. The molecule has 0 aliphatic heterocycles. The smallest absolute Gasteiger partial charge is 0.390 e. The highest BCUT2D eigenvalue weighted by Gasteiger charge is 2.22. The topological polar surface area (TPSA) is 136 Å². The van der Waals surface area contributed by atoms with Crippen LogP contribution >= 0.6 is 18.9 Å². The van der Waals surface area contributed by atoms with E-state index in [4.69, 9.17) is 4.52 Å². The first-order valence-electron chi connectivity index (χ1n) is 8.34. The first-order chi connectivity index (χ1) is 13.7. The lowest BCUT2D eigenvalue weighted by molar-refractivity contribution is -0.384. The van der Waals surface area contributed by atoms with Crippen LogP contribution in [0.4, 0.5) is 5.69 Å². The molecule has 0 bridgehead atoms. The van der Waals surface area contributed by atoms with Crippen molar-refractivity contribution in [1.29, 1.82) is 0 Å². The zero-order chi connectivity index (χ0) is 21.1. The molecule has 0 aliphatic carbocycles. The number of sulfone groups is 1. The molecule has 3 rings (SSSR count). The number of nitro benzene ring substituents is 1. The van der Waals surface area contributed by atoms with Crippen molar-refractivity contribution in [3.05, 3.63) is 64.7 Å². The predicted molar refractivity (Wildman–Crippen MR) is 110 cm³/mol. The first-order valence-corrected chi connectivity index (χ1v) is 12.6. The molecule has 3 aromatic rings. The molecule has 1 aromatic heterocycles.